The molecular weight excluding hydrogens is 416 g/mol. The van der Waals surface area contributed by atoms with E-state index in [1.54, 1.807) is 12.1 Å². The highest BCUT2D eigenvalue weighted by molar-refractivity contribution is 9.10. The molecule has 0 aliphatic carbocycles. The van der Waals surface area contributed by atoms with Gasteiger partial charge in [0.2, 0.25) is 10.0 Å². The van der Waals surface area contributed by atoms with Gasteiger partial charge in [-0.15, -0.1) is 0 Å². The monoisotopic (exact) mass is 438 g/mol. The van der Waals surface area contributed by atoms with Crippen molar-refractivity contribution in [3.8, 4) is 5.75 Å². The molecule has 7 heteroatoms. The van der Waals surface area contributed by atoms with Gasteiger partial charge in [0.25, 0.3) is 0 Å². The van der Waals surface area contributed by atoms with Crippen molar-refractivity contribution in [1.82, 2.24) is 4.31 Å². The van der Waals surface area contributed by atoms with Gasteiger partial charge in [0.15, 0.2) is 0 Å². The first-order chi connectivity index (χ1) is 12.3. The lowest BCUT2D eigenvalue weighted by atomic mass is 10.2. The summed E-state index contributed by atoms with van der Waals surface area (Å²) in [4.78, 5) is 2.43. The predicted octanol–water partition coefficient (Wildman–Crippen LogP) is 3.59. The number of ether oxygens (including phenoxy) is 1. The van der Waals surface area contributed by atoms with Gasteiger partial charge in [-0.1, -0.05) is 33.6 Å². The summed E-state index contributed by atoms with van der Waals surface area (Å²) in [6, 6.07) is 11.7. The number of methoxy groups -OCH3 is 1. The van der Waals surface area contributed by atoms with Gasteiger partial charge in [-0.2, -0.15) is 4.31 Å². The highest BCUT2D eigenvalue weighted by Gasteiger charge is 2.31. The number of hydrogen-bond acceptors (Lipinski definition) is 4. The Hall–Kier alpha value is -1.57. The molecular formula is C19H23BrN2O3S. The zero-order valence-corrected chi connectivity index (χ0v) is 17.6. The molecule has 0 atom stereocenters. The van der Waals surface area contributed by atoms with Crippen molar-refractivity contribution in [3.63, 3.8) is 0 Å². The zero-order valence-electron chi connectivity index (χ0n) is 15.2. The van der Waals surface area contributed by atoms with Gasteiger partial charge >= 0.3 is 0 Å². The van der Waals surface area contributed by atoms with Gasteiger partial charge in [-0.05, 0) is 43.7 Å². The van der Waals surface area contributed by atoms with Crippen LogP contribution in [0, 0.1) is 13.8 Å². The Morgan fingerprint density at radius 1 is 1.00 bits per heavy atom. The highest BCUT2D eigenvalue weighted by atomic mass is 79.9. The molecule has 1 aliphatic heterocycles. The van der Waals surface area contributed by atoms with E-state index in [-0.39, 0.29) is 4.90 Å². The Bertz CT molecular complexity index is 890. The third kappa shape index (κ3) is 3.75. The van der Waals surface area contributed by atoms with Crippen LogP contribution in [0.25, 0.3) is 0 Å². The van der Waals surface area contributed by atoms with Crippen molar-refractivity contribution < 1.29 is 13.2 Å². The first-order valence-corrected chi connectivity index (χ1v) is 10.7. The number of rotatable bonds is 4. The van der Waals surface area contributed by atoms with Gasteiger partial charge in [-0.3, -0.25) is 0 Å². The van der Waals surface area contributed by atoms with Crippen LogP contribution in [0.3, 0.4) is 0 Å². The van der Waals surface area contributed by atoms with E-state index >= 15 is 0 Å². The van der Waals surface area contributed by atoms with Crippen molar-refractivity contribution >= 4 is 31.6 Å². The minimum Gasteiger partial charge on any atom is -0.495 e. The molecule has 0 radical (unpaired) electrons. The highest BCUT2D eigenvalue weighted by Crippen LogP contribution is 2.33. The maximum Gasteiger partial charge on any atom is 0.246 e. The third-order valence-electron chi connectivity index (χ3n) is 4.70. The smallest absolute Gasteiger partial charge is 0.246 e. The van der Waals surface area contributed by atoms with Gasteiger partial charge in [0.1, 0.15) is 10.6 Å². The second-order valence-corrected chi connectivity index (χ2v) is 9.24. The van der Waals surface area contributed by atoms with E-state index in [4.69, 9.17) is 4.74 Å². The summed E-state index contributed by atoms with van der Waals surface area (Å²) >= 11 is 3.43. The van der Waals surface area contributed by atoms with Crippen LogP contribution in [0.2, 0.25) is 0 Å². The van der Waals surface area contributed by atoms with E-state index in [2.05, 4.69) is 52.0 Å². The number of benzene rings is 2. The first kappa shape index (κ1) is 19.2. The van der Waals surface area contributed by atoms with Gasteiger partial charge in [0, 0.05) is 36.3 Å². The summed E-state index contributed by atoms with van der Waals surface area (Å²) in [6.07, 6.45) is 0. The second kappa shape index (κ2) is 7.58. The SMILES string of the molecule is COc1cc(C)c(Br)cc1S(=O)(=O)N1CCN(c2ccc(C)cc2)CC1. The van der Waals surface area contributed by atoms with Gasteiger partial charge in [-0.25, -0.2) is 8.42 Å². The van der Waals surface area contributed by atoms with Crippen molar-refractivity contribution in [1.29, 1.82) is 0 Å². The minimum absolute atomic E-state index is 0.210. The lowest BCUT2D eigenvalue weighted by Gasteiger charge is -2.35. The number of hydrogen-bond donors (Lipinski definition) is 0. The molecule has 0 aromatic heterocycles. The van der Waals surface area contributed by atoms with Crippen LogP contribution in [0.1, 0.15) is 11.1 Å². The van der Waals surface area contributed by atoms with Crippen LogP contribution in [-0.4, -0.2) is 46.0 Å². The quantitative estimate of drug-likeness (QED) is 0.731. The van der Waals surface area contributed by atoms with Crippen molar-refractivity contribution in [2.24, 2.45) is 0 Å². The summed E-state index contributed by atoms with van der Waals surface area (Å²) in [5.74, 6) is 0.381. The minimum atomic E-state index is -3.60. The fourth-order valence-electron chi connectivity index (χ4n) is 3.08. The maximum absolute atomic E-state index is 13.1. The van der Waals surface area contributed by atoms with Gasteiger partial charge in [0.05, 0.1) is 7.11 Å². The molecule has 5 nitrogen and oxygen atoms in total. The number of aryl methyl sites for hydroxylation is 2. The number of nitrogens with zero attached hydrogens (tertiary/aromatic N) is 2. The molecule has 1 heterocycles. The van der Waals surface area contributed by atoms with Crippen LogP contribution in [0.5, 0.6) is 5.75 Å². The third-order valence-corrected chi connectivity index (χ3v) is 7.47. The zero-order chi connectivity index (χ0) is 18.9. The topological polar surface area (TPSA) is 49.9 Å². The molecule has 2 aromatic rings. The van der Waals surface area contributed by atoms with Crippen molar-refractivity contribution in [2.45, 2.75) is 18.7 Å². The van der Waals surface area contributed by atoms with Crippen molar-refractivity contribution in [2.75, 3.05) is 38.2 Å². The average molecular weight is 439 g/mol. The molecule has 0 saturated carbocycles. The number of sulfonamides is 1. The van der Waals surface area contributed by atoms with Crippen LogP contribution in [0.15, 0.2) is 45.8 Å². The summed E-state index contributed by atoms with van der Waals surface area (Å²) < 4.78 is 33.9. The molecule has 2 aromatic carbocycles. The largest absolute Gasteiger partial charge is 0.495 e. The number of piperazine rings is 1. The van der Waals surface area contributed by atoms with E-state index in [1.165, 1.54) is 17.0 Å². The van der Waals surface area contributed by atoms with E-state index in [0.29, 0.717) is 31.9 Å². The van der Waals surface area contributed by atoms with E-state index in [9.17, 15) is 8.42 Å². The molecule has 0 N–H and O–H groups in total. The number of anilines is 1. The summed E-state index contributed by atoms with van der Waals surface area (Å²) in [7, 11) is -2.11. The summed E-state index contributed by atoms with van der Waals surface area (Å²) in [6.45, 7) is 6.19. The molecule has 26 heavy (non-hydrogen) atoms. The number of halogens is 1. The molecule has 0 amide bonds. The lowest BCUT2D eigenvalue weighted by Crippen LogP contribution is -2.48. The molecule has 1 saturated heterocycles. The maximum atomic E-state index is 13.1. The lowest BCUT2D eigenvalue weighted by molar-refractivity contribution is 0.374. The Kier molecular flexibility index (Phi) is 5.60. The van der Waals surface area contributed by atoms with E-state index in [0.717, 1.165) is 15.7 Å². The molecule has 1 aliphatic rings. The second-order valence-electron chi connectivity index (χ2n) is 6.48. The summed E-state index contributed by atoms with van der Waals surface area (Å²) in [5.41, 5.74) is 3.28. The van der Waals surface area contributed by atoms with Crippen LogP contribution in [-0.2, 0) is 10.0 Å². The van der Waals surface area contributed by atoms with Crippen molar-refractivity contribution in [3.05, 3.63) is 52.0 Å². The molecule has 0 unspecified atom stereocenters. The van der Waals surface area contributed by atoms with E-state index in [1.807, 2.05) is 6.92 Å². The first-order valence-electron chi connectivity index (χ1n) is 8.49. The Morgan fingerprint density at radius 3 is 2.19 bits per heavy atom. The van der Waals surface area contributed by atoms with Crippen LogP contribution < -0.4 is 9.64 Å². The average Bonchev–Trinajstić information content (AvgIpc) is 2.64. The molecule has 140 valence electrons. The predicted molar refractivity (Wildman–Crippen MR) is 108 cm³/mol. The Morgan fingerprint density at radius 2 is 1.62 bits per heavy atom. The standard InChI is InChI=1S/C19H23BrN2O3S/c1-14-4-6-16(7-5-14)21-8-10-22(11-9-21)26(23,24)19-13-17(20)15(2)12-18(19)25-3/h4-7,12-13H,8-11H2,1-3H3. The molecule has 0 bridgehead atoms. The Labute approximate surface area is 163 Å². The fraction of sp³-hybridized carbons (Fsp3) is 0.368. The van der Waals surface area contributed by atoms with Gasteiger partial charge < -0.3 is 9.64 Å². The summed E-state index contributed by atoms with van der Waals surface area (Å²) in [5, 5.41) is 0. The van der Waals surface area contributed by atoms with Crippen LogP contribution in [0.4, 0.5) is 5.69 Å². The fourth-order valence-corrected chi connectivity index (χ4v) is 5.16. The normalized spacial score (nSPS) is 15.9. The van der Waals surface area contributed by atoms with Crippen LogP contribution >= 0.6 is 15.9 Å². The van der Waals surface area contributed by atoms with E-state index < -0.39 is 10.0 Å². The molecule has 3 rings (SSSR count). The Balaban J connectivity index is 1.80. The molecule has 0 spiro atoms. The molecule has 1 fully saturated rings.